The molecule has 40 heavy (non-hydrogen) atoms. The number of hydrogen-bond acceptors (Lipinski definition) is 0. The molecule has 1 heterocycles. The summed E-state index contributed by atoms with van der Waals surface area (Å²) in [5.41, 5.74) is 14.7. The van der Waals surface area contributed by atoms with E-state index in [1.54, 1.807) is 11.1 Å². The van der Waals surface area contributed by atoms with Crippen molar-refractivity contribution in [3.05, 3.63) is 129 Å². The molecule has 7 rings (SSSR count). The van der Waals surface area contributed by atoms with Gasteiger partial charge in [0.05, 0.1) is 0 Å². The number of fused-ring (bicyclic) bond motifs is 6. The number of benzene rings is 4. The van der Waals surface area contributed by atoms with Crippen LogP contribution in [0.1, 0.15) is 54.6 Å². The Hall–Kier alpha value is -2.55. The Balaban J connectivity index is 1.47. The van der Waals surface area contributed by atoms with E-state index in [-0.39, 0.29) is 0 Å². The van der Waals surface area contributed by atoms with Crippen molar-refractivity contribution in [1.82, 2.24) is 0 Å². The summed E-state index contributed by atoms with van der Waals surface area (Å²) in [6, 6.07) is 35.3. The van der Waals surface area contributed by atoms with E-state index < -0.39 is 28.0 Å². The monoisotopic (exact) mass is 704 g/mol. The summed E-state index contributed by atoms with van der Waals surface area (Å²) in [4.78, 5) is 0. The molecule has 0 spiro atoms. The summed E-state index contributed by atoms with van der Waals surface area (Å²) >= 11 is -3.01. The average molecular weight is 703 g/mol. The Morgan fingerprint density at radius 3 is 1.43 bits per heavy atom. The molecule has 0 bridgehead atoms. The van der Waals surface area contributed by atoms with E-state index in [0.717, 1.165) is 0 Å². The molecule has 2 heteroatoms. The van der Waals surface area contributed by atoms with E-state index >= 15 is 0 Å². The van der Waals surface area contributed by atoms with Crippen LogP contribution in [-0.4, -0.2) is 8.07 Å². The van der Waals surface area contributed by atoms with Crippen molar-refractivity contribution in [2.75, 3.05) is 0 Å². The Bertz CT molecular complexity index is 1610. The summed E-state index contributed by atoms with van der Waals surface area (Å²) in [6.45, 7) is 9.45. The van der Waals surface area contributed by atoms with Gasteiger partial charge in [0.15, 0.2) is 0 Å². The van der Waals surface area contributed by atoms with Gasteiger partial charge in [-0.05, 0) is 0 Å². The van der Waals surface area contributed by atoms with Crippen molar-refractivity contribution in [3.8, 4) is 22.3 Å². The predicted molar refractivity (Wildman–Crippen MR) is 173 cm³/mol. The summed E-state index contributed by atoms with van der Waals surface area (Å²) in [5.74, 6) is 0. The second kappa shape index (κ2) is 9.50. The van der Waals surface area contributed by atoms with Crippen LogP contribution in [0.2, 0.25) is 21.4 Å². The van der Waals surface area contributed by atoms with Gasteiger partial charge in [0.2, 0.25) is 0 Å². The standard InChI is InChI=1S/C36H34Si.2CH3.Hf/c1-5-37(6-2,31-21-29-15-9-17-33(35(29)23-31)27-13-7-11-25(3)19-27)32-22-30-16-10-18-34(36(30)24-32)28-14-8-12-26(4)20-28;;;/h7-24H,5-6H2,1-4H3;2*1H3;. The molecular formula is C38H40HfSi. The third-order valence-corrected chi connectivity index (χ3v) is 33.3. The second-order valence-corrected chi connectivity index (χ2v) is 35.0. The fourth-order valence-electron chi connectivity index (χ4n) is 8.76. The first-order chi connectivity index (χ1) is 19.3. The third kappa shape index (κ3) is 3.64. The molecule has 1 fully saturated rings. The van der Waals surface area contributed by atoms with Crippen LogP contribution in [0.3, 0.4) is 0 Å². The van der Waals surface area contributed by atoms with Crippen LogP contribution in [-0.2, 0) is 20.0 Å². The van der Waals surface area contributed by atoms with Gasteiger partial charge in [0.25, 0.3) is 0 Å². The summed E-state index contributed by atoms with van der Waals surface area (Å²) in [7, 11) is -1.87. The van der Waals surface area contributed by atoms with Gasteiger partial charge >= 0.3 is 248 Å². The Kier molecular flexibility index (Phi) is 6.26. The third-order valence-electron chi connectivity index (χ3n) is 10.6. The van der Waals surface area contributed by atoms with Crippen LogP contribution in [0, 0.1) is 13.8 Å². The quantitative estimate of drug-likeness (QED) is 0.186. The molecule has 1 saturated heterocycles. The molecule has 1 aliphatic heterocycles. The summed E-state index contributed by atoms with van der Waals surface area (Å²) < 4.78 is 6.96. The minimum atomic E-state index is -3.01. The van der Waals surface area contributed by atoms with E-state index in [4.69, 9.17) is 0 Å². The van der Waals surface area contributed by atoms with E-state index in [2.05, 4.69) is 134 Å². The topological polar surface area (TPSA) is 0 Å². The van der Waals surface area contributed by atoms with E-state index in [0.29, 0.717) is 7.35 Å². The van der Waals surface area contributed by atoms with Gasteiger partial charge < -0.3 is 0 Å². The molecule has 0 N–H and O–H groups in total. The van der Waals surface area contributed by atoms with Crippen molar-refractivity contribution in [2.45, 2.75) is 56.5 Å². The van der Waals surface area contributed by atoms with Crippen molar-refractivity contribution < 1.29 is 20.0 Å². The van der Waals surface area contributed by atoms with Crippen LogP contribution in [0.25, 0.3) is 34.4 Å². The predicted octanol–water partition coefficient (Wildman–Crippen LogP) is 11.0. The zero-order chi connectivity index (χ0) is 27.8. The normalized spacial score (nSPS) is 21.1. The number of aryl methyl sites for hydroxylation is 2. The fraction of sp³-hybridized carbons (Fsp3) is 0.263. The molecule has 3 aliphatic rings. The molecule has 0 nitrogen and oxygen atoms in total. The van der Waals surface area contributed by atoms with Gasteiger partial charge in [-0.15, -0.1) is 0 Å². The zero-order valence-corrected chi connectivity index (χ0v) is 29.4. The average Bonchev–Trinajstić information content (AvgIpc) is 3.55. The van der Waals surface area contributed by atoms with Crippen LogP contribution in [0.4, 0.5) is 0 Å². The molecule has 4 aromatic carbocycles. The van der Waals surface area contributed by atoms with Crippen molar-refractivity contribution in [3.63, 3.8) is 0 Å². The first kappa shape index (κ1) is 26.4. The fourth-order valence-corrected chi connectivity index (χ4v) is 40.7. The Labute approximate surface area is 246 Å². The van der Waals surface area contributed by atoms with Crippen LogP contribution in [0.15, 0.2) is 95.3 Å². The summed E-state index contributed by atoms with van der Waals surface area (Å²) in [5, 5.41) is 3.76. The van der Waals surface area contributed by atoms with Crippen LogP contribution >= 0.6 is 0 Å². The maximum absolute atomic E-state index is 3.01. The SMILES string of the molecule is CC[Si]1(CC)C2=Cc3c(-c4cccc(C)c4)cccc3[CH]2[Hf]([CH3])([CH3])[CH]2C1=Cc1c(-c3cccc(C)c3)cccc12. The van der Waals surface area contributed by atoms with E-state index in [9.17, 15) is 0 Å². The van der Waals surface area contributed by atoms with E-state index in [1.807, 2.05) is 10.4 Å². The molecule has 0 amide bonds. The van der Waals surface area contributed by atoms with Crippen LogP contribution in [0.5, 0.6) is 0 Å². The number of rotatable bonds is 4. The molecule has 200 valence electrons. The molecular weight excluding hydrogens is 663 g/mol. The Morgan fingerprint density at radius 2 is 1.02 bits per heavy atom. The van der Waals surface area contributed by atoms with Crippen molar-refractivity contribution >= 4 is 20.2 Å². The number of allylic oxidation sites excluding steroid dienone is 2. The molecule has 2 atom stereocenters. The van der Waals surface area contributed by atoms with E-state index in [1.165, 1.54) is 56.6 Å². The summed E-state index contributed by atoms with van der Waals surface area (Å²) in [6.07, 6.45) is 5.47. The maximum atomic E-state index is 2.79. The Morgan fingerprint density at radius 1 is 0.600 bits per heavy atom. The molecule has 2 unspecified atom stereocenters. The van der Waals surface area contributed by atoms with Gasteiger partial charge in [0.1, 0.15) is 0 Å². The first-order valence-corrected chi connectivity index (χ1v) is 28.9. The second-order valence-electron chi connectivity index (χ2n) is 13.0. The van der Waals surface area contributed by atoms with Gasteiger partial charge in [-0.25, -0.2) is 0 Å². The molecule has 0 saturated carbocycles. The molecule has 0 radical (unpaired) electrons. The first-order valence-electron chi connectivity index (χ1n) is 15.1. The van der Waals surface area contributed by atoms with Gasteiger partial charge in [0, 0.05) is 0 Å². The molecule has 0 aromatic heterocycles. The van der Waals surface area contributed by atoms with Crippen molar-refractivity contribution in [2.24, 2.45) is 0 Å². The van der Waals surface area contributed by atoms with Gasteiger partial charge in [-0.2, -0.15) is 0 Å². The minimum absolute atomic E-state index is 0.689. The van der Waals surface area contributed by atoms with Crippen molar-refractivity contribution in [1.29, 1.82) is 0 Å². The molecule has 4 aromatic rings. The number of hydrogen-bond donors (Lipinski definition) is 0. The van der Waals surface area contributed by atoms with Gasteiger partial charge in [-0.1, -0.05) is 0 Å². The van der Waals surface area contributed by atoms with Gasteiger partial charge in [-0.3, -0.25) is 0 Å². The molecule has 2 aliphatic carbocycles. The zero-order valence-electron chi connectivity index (χ0n) is 24.8. The van der Waals surface area contributed by atoms with Crippen LogP contribution < -0.4 is 0 Å².